The molecule has 146 valence electrons. The molecule has 3 heterocycles. The van der Waals surface area contributed by atoms with Crippen molar-refractivity contribution in [1.29, 1.82) is 0 Å². The van der Waals surface area contributed by atoms with Gasteiger partial charge in [0.2, 0.25) is 0 Å². The first-order valence-electron chi connectivity index (χ1n) is 9.43. The summed E-state index contributed by atoms with van der Waals surface area (Å²) in [6.07, 6.45) is -1.43. The summed E-state index contributed by atoms with van der Waals surface area (Å²) >= 11 is 0. The summed E-state index contributed by atoms with van der Waals surface area (Å²) in [5.41, 5.74) is 1.89. The zero-order valence-electron chi connectivity index (χ0n) is 15.3. The van der Waals surface area contributed by atoms with E-state index in [1.165, 1.54) is 6.26 Å². The molecule has 6 heteroatoms. The van der Waals surface area contributed by atoms with Crippen LogP contribution >= 0.6 is 0 Å². The predicted octanol–water partition coefficient (Wildman–Crippen LogP) is 3.47. The molecule has 0 radical (unpaired) electrons. The lowest BCUT2D eigenvalue weighted by Gasteiger charge is -2.38. The standard InChI is InChI=1S/C22H22O6/c1-2-23-13-16-17-18(26-20(24-16)14-9-5-3-6-10-14)19-22(25-17)28-21(27-19)15-11-7-4-8-12-15/h2-12,16-22H,1,13H2. The van der Waals surface area contributed by atoms with Crippen molar-refractivity contribution < 1.29 is 28.4 Å². The summed E-state index contributed by atoms with van der Waals surface area (Å²) < 4.78 is 36.1. The van der Waals surface area contributed by atoms with Gasteiger partial charge in [0, 0.05) is 11.1 Å². The van der Waals surface area contributed by atoms with Crippen molar-refractivity contribution in [1.82, 2.24) is 0 Å². The molecule has 3 aliphatic heterocycles. The van der Waals surface area contributed by atoms with Gasteiger partial charge in [-0.05, 0) is 0 Å². The van der Waals surface area contributed by atoms with E-state index in [9.17, 15) is 0 Å². The SMILES string of the molecule is C=COCC1OC(c2ccccc2)OC2C1OC1OC(c3ccccc3)OC12. The van der Waals surface area contributed by atoms with E-state index >= 15 is 0 Å². The Bertz CT molecular complexity index is 797. The molecule has 0 N–H and O–H groups in total. The number of hydrogen-bond donors (Lipinski definition) is 0. The molecule has 7 unspecified atom stereocenters. The van der Waals surface area contributed by atoms with Crippen molar-refractivity contribution in [2.75, 3.05) is 6.61 Å². The van der Waals surface area contributed by atoms with Crippen LogP contribution in [-0.2, 0) is 28.4 Å². The Morgan fingerprint density at radius 1 is 0.714 bits per heavy atom. The molecule has 3 saturated heterocycles. The van der Waals surface area contributed by atoms with Gasteiger partial charge in [0.15, 0.2) is 18.9 Å². The van der Waals surface area contributed by atoms with E-state index in [-0.39, 0.29) is 24.4 Å². The lowest BCUT2D eigenvalue weighted by molar-refractivity contribution is -0.306. The van der Waals surface area contributed by atoms with Crippen molar-refractivity contribution in [3.05, 3.63) is 84.6 Å². The summed E-state index contributed by atoms with van der Waals surface area (Å²) in [7, 11) is 0. The van der Waals surface area contributed by atoms with E-state index in [1.54, 1.807) is 0 Å². The lowest BCUT2D eigenvalue weighted by atomic mass is 10.0. The second kappa shape index (κ2) is 7.66. The molecule has 0 spiro atoms. The lowest BCUT2D eigenvalue weighted by Crippen LogP contribution is -2.50. The van der Waals surface area contributed by atoms with E-state index in [1.807, 2.05) is 60.7 Å². The van der Waals surface area contributed by atoms with Crippen LogP contribution in [0.5, 0.6) is 0 Å². The first kappa shape index (κ1) is 17.8. The van der Waals surface area contributed by atoms with Crippen LogP contribution in [0.15, 0.2) is 73.5 Å². The Morgan fingerprint density at radius 3 is 1.96 bits per heavy atom. The van der Waals surface area contributed by atoms with E-state index in [0.717, 1.165) is 11.1 Å². The first-order valence-corrected chi connectivity index (χ1v) is 9.43. The van der Waals surface area contributed by atoms with Gasteiger partial charge in [0.05, 0.1) is 6.26 Å². The maximum atomic E-state index is 6.27. The van der Waals surface area contributed by atoms with E-state index in [0.29, 0.717) is 6.61 Å². The molecule has 5 rings (SSSR count). The topological polar surface area (TPSA) is 55.4 Å². The van der Waals surface area contributed by atoms with Gasteiger partial charge >= 0.3 is 0 Å². The Hall–Kier alpha value is -2.22. The Kier molecular flexibility index (Phi) is 4.88. The van der Waals surface area contributed by atoms with E-state index < -0.39 is 18.9 Å². The molecule has 3 aliphatic rings. The maximum absolute atomic E-state index is 6.27. The highest BCUT2D eigenvalue weighted by atomic mass is 16.8. The molecule has 0 aromatic heterocycles. The van der Waals surface area contributed by atoms with Crippen LogP contribution in [0.4, 0.5) is 0 Å². The van der Waals surface area contributed by atoms with Gasteiger partial charge in [0.1, 0.15) is 31.0 Å². The van der Waals surface area contributed by atoms with Crippen LogP contribution in [0.1, 0.15) is 23.7 Å². The number of hydrogen-bond acceptors (Lipinski definition) is 6. The zero-order chi connectivity index (χ0) is 18.9. The average Bonchev–Trinajstić information content (AvgIpc) is 3.32. The number of rotatable bonds is 5. The third kappa shape index (κ3) is 3.23. The minimum Gasteiger partial charge on any atom is -0.499 e. The largest absolute Gasteiger partial charge is 0.499 e. The summed E-state index contributed by atoms with van der Waals surface area (Å²) in [6.45, 7) is 3.93. The number of ether oxygens (including phenoxy) is 6. The Labute approximate surface area is 163 Å². The van der Waals surface area contributed by atoms with Gasteiger partial charge in [0.25, 0.3) is 0 Å². The van der Waals surface area contributed by atoms with E-state index in [4.69, 9.17) is 28.4 Å². The van der Waals surface area contributed by atoms with Gasteiger partial charge in [-0.15, -0.1) is 0 Å². The van der Waals surface area contributed by atoms with Gasteiger partial charge < -0.3 is 28.4 Å². The summed E-state index contributed by atoms with van der Waals surface area (Å²) in [6, 6.07) is 19.6. The highest BCUT2D eigenvalue weighted by Gasteiger charge is 2.58. The Balaban J connectivity index is 1.37. The molecular weight excluding hydrogens is 360 g/mol. The molecule has 7 atom stereocenters. The molecule has 0 bridgehead atoms. The molecule has 0 aliphatic carbocycles. The average molecular weight is 382 g/mol. The molecule has 0 amide bonds. The molecule has 28 heavy (non-hydrogen) atoms. The smallest absolute Gasteiger partial charge is 0.190 e. The van der Waals surface area contributed by atoms with Crippen LogP contribution in [0.25, 0.3) is 0 Å². The maximum Gasteiger partial charge on any atom is 0.190 e. The van der Waals surface area contributed by atoms with Crippen LogP contribution in [0.2, 0.25) is 0 Å². The molecule has 2 aromatic carbocycles. The zero-order valence-corrected chi connectivity index (χ0v) is 15.3. The van der Waals surface area contributed by atoms with Gasteiger partial charge in [-0.25, -0.2) is 0 Å². The van der Waals surface area contributed by atoms with Crippen LogP contribution in [-0.4, -0.2) is 37.3 Å². The molecule has 3 fully saturated rings. The van der Waals surface area contributed by atoms with Crippen LogP contribution in [0, 0.1) is 0 Å². The minimum atomic E-state index is -0.525. The second-order valence-electron chi connectivity index (χ2n) is 6.97. The normalized spacial score (nSPS) is 36.5. The predicted molar refractivity (Wildman–Crippen MR) is 98.9 cm³/mol. The van der Waals surface area contributed by atoms with Gasteiger partial charge in [-0.1, -0.05) is 67.2 Å². The minimum absolute atomic E-state index is 0.318. The highest BCUT2D eigenvalue weighted by Crippen LogP contribution is 2.45. The van der Waals surface area contributed by atoms with Crippen molar-refractivity contribution in [3.63, 3.8) is 0 Å². The van der Waals surface area contributed by atoms with Crippen molar-refractivity contribution >= 4 is 0 Å². The van der Waals surface area contributed by atoms with Crippen molar-refractivity contribution in [2.24, 2.45) is 0 Å². The third-order valence-electron chi connectivity index (χ3n) is 5.21. The van der Waals surface area contributed by atoms with Crippen LogP contribution in [0.3, 0.4) is 0 Å². The number of fused-ring (bicyclic) bond motifs is 3. The number of benzene rings is 2. The fraction of sp³-hybridized carbons (Fsp3) is 0.364. The molecular formula is C22H22O6. The van der Waals surface area contributed by atoms with Crippen LogP contribution < -0.4 is 0 Å². The third-order valence-corrected chi connectivity index (χ3v) is 5.21. The highest BCUT2D eigenvalue weighted by molar-refractivity contribution is 5.19. The fourth-order valence-electron chi connectivity index (χ4n) is 3.90. The van der Waals surface area contributed by atoms with Crippen molar-refractivity contribution in [3.8, 4) is 0 Å². The summed E-state index contributed by atoms with van der Waals surface area (Å²) in [5.74, 6) is 0. The molecule has 6 nitrogen and oxygen atoms in total. The monoisotopic (exact) mass is 382 g/mol. The Morgan fingerprint density at radius 2 is 1.32 bits per heavy atom. The van der Waals surface area contributed by atoms with Gasteiger partial charge in [-0.2, -0.15) is 0 Å². The summed E-state index contributed by atoms with van der Waals surface area (Å²) in [4.78, 5) is 0. The fourth-order valence-corrected chi connectivity index (χ4v) is 3.90. The first-order chi connectivity index (χ1) is 13.8. The molecule has 0 saturated carbocycles. The molecule has 2 aromatic rings. The van der Waals surface area contributed by atoms with Gasteiger partial charge in [-0.3, -0.25) is 0 Å². The summed E-state index contributed by atoms with van der Waals surface area (Å²) in [5, 5.41) is 0. The van der Waals surface area contributed by atoms with E-state index in [2.05, 4.69) is 6.58 Å². The van der Waals surface area contributed by atoms with Crippen molar-refractivity contribution in [2.45, 2.75) is 43.3 Å². The quantitative estimate of drug-likeness (QED) is 0.738. The second-order valence-corrected chi connectivity index (χ2v) is 6.97.